The number of nitrogens with two attached hydrogens (primary N) is 1. The fraction of sp³-hybridized carbons (Fsp3) is 0.333. The van der Waals surface area contributed by atoms with E-state index in [1.54, 1.807) is 7.11 Å². The number of benzene rings is 1. The summed E-state index contributed by atoms with van der Waals surface area (Å²) in [6, 6.07) is 11.3. The van der Waals surface area contributed by atoms with Crippen molar-refractivity contribution in [2.24, 2.45) is 0 Å². The maximum atomic E-state index is 13.4. The molecule has 1 atom stereocenters. The lowest BCUT2D eigenvalue weighted by Gasteiger charge is -2.40. The van der Waals surface area contributed by atoms with Crippen LogP contribution in [0.3, 0.4) is 0 Å². The Morgan fingerprint density at radius 2 is 1.69 bits per heavy atom. The molecule has 0 unspecified atom stereocenters. The molecule has 4 aromatic rings. The van der Waals surface area contributed by atoms with Gasteiger partial charge < -0.3 is 25.6 Å². The van der Waals surface area contributed by atoms with Gasteiger partial charge >= 0.3 is 24.3 Å². The van der Waals surface area contributed by atoms with Crippen molar-refractivity contribution < 1.29 is 55.7 Å². The fourth-order valence-electron chi connectivity index (χ4n) is 4.24. The molecule has 48 heavy (non-hydrogen) atoms. The van der Waals surface area contributed by atoms with Gasteiger partial charge in [-0.1, -0.05) is 17.7 Å². The van der Waals surface area contributed by atoms with Crippen molar-refractivity contribution in [2.75, 3.05) is 32.5 Å². The van der Waals surface area contributed by atoms with Crippen LogP contribution in [0, 0.1) is 0 Å². The first-order chi connectivity index (χ1) is 22.4. The number of piperazine rings is 1. The number of anilines is 1. The summed E-state index contributed by atoms with van der Waals surface area (Å²) in [5, 5.41) is 22.6. The van der Waals surface area contributed by atoms with Gasteiger partial charge in [-0.3, -0.25) is 14.8 Å². The average molecular weight is 726 g/mol. The number of fused-ring (bicyclic) bond motifs is 1. The maximum absolute atomic E-state index is 13.4. The highest BCUT2D eigenvalue weighted by Crippen LogP contribution is 2.30. The van der Waals surface area contributed by atoms with Gasteiger partial charge in [0, 0.05) is 44.4 Å². The molecule has 1 fully saturated rings. The van der Waals surface area contributed by atoms with E-state index in [-0.39, 0.29) is 11.9 Å². The summed E-state index contributed by atoms with van der Waals surface area (Å²) >= 11 is 7.54. The van der Waals surface area contributed by atoms with Crippen LogP contribution in [0.2, 0.25) is 4.34 Å². The van der Waals surface area contributed by atoms with Gasteiger partial charge in [0.15, 0.2) is 0 Å². The largest absolute Gasteiger partial charge is 0.490 e. The summed E-state index contributed by atoms with van der Waals surface area (Å²) in [6.45, 7) is 2.73. The van der Waals surface area contributed by atoms with Gasteiger partial charge in [-0.2, -0.15) is 31.4 Å². The number of carboxylic acid groups (broad SMARTS) is 2. The van der Waals surface area contributed by atoms with Crippen molar-refractivity contribution in [2.45, 2.75) is 31.5 Å². The molecule has 5 N–H and O–H groups in total. The normalized spacial score (nSPS) is 15.4. The van der Waals surface area contributed by atoms with E-state index in [0.29, 0.717) is 32.1 Å². The van der Waals surface area contributed by atoms with Crippen molar-refractivity contribution in [3.05, 3.63) is 58.3 Å². The van der Waals surface area contributed by atoms with Crippen LogP contribution in [0.5, 0.6) is 0 Å². The average Bonchev–Trinajstić information content (AvgIpc) is 3.65. The smallest absolute Gasteiger partial charge is 0.475 e. The molecule has 0 aliphatic carbocycles. The Balaban J connectivity index is 0.000000376. The molecular weight excluding hydrogens is 700 g/mol. The number of carbonyl (C=O) groups excluding carboxylic acids is 1. The molecule has 1 aliphatic rings. The molecule has 1 aliphatic heterocycles. The van der Waals surface area contributed by atoms with Crippen molar-refractivity contribution in [3.8, 4) is 10.6 Å². The Labute approximate surface area is 275 Å². The number of carbonyl (C=O) groups is 3. The number of ether oxygens (including phenoxy) is 1. The van der Waals surface area contributed by atoms with E-state index in [0.717, 1.165) is 43.6 Å². The number of thiophene rings is 1. The Hall–Kier alpha value is -4.53. The number of H-pyrrole nitrogens is 1. The second-order valence-electron chi connectivity index (χ2n) is 9.80. The summed E-state index contributed by atoms with van der Waals surface area (Å²) in [6.07, 6.45) is -8.71. The van der Waals surface area contributed by atoms with Crippen molar-refractivity contribution >= 4 is 57.5 Å². The topological polar surface area (TPSA) is 188 Å². The summed E-state index contributed by atoms with van der Waals surface area (Å²) in [7, 11) is 1.62. The van der Waals surface area contributed by atoms with Gasteiger partial charge in [0.1, 0.15) is 23.9 Å². The SMILES string of the molecule is COC[C@H]1C(=O)N(Cc2ccc3c(N)ncnc3c2)CCN1Cc1cc(-c2ccc(Cl)s2)n[nH]1.O=C(O)C(F)(F)F.O=C(O)C(F)(F)F. The molecule has 21 heteroatoms. The standard InChI is InChI=1S/C23H24ClN7O2S.2C2HF3O2/c1-33-12-19-23(32)31(10-14-2-3-16-17(8-14)26-13-27-22(16)25)7-6-30(19)11-15-9-18(29-28-15)20-4-5-21(24)34-20;2*3-2(4,5)1(6)7/h2-5,8-9,13,19H,6-7,10-12H2,1H3,(H,28,29)(H2,25,26,27);2*(H,6,7)/t19-;;/m0../s1. The van der Waals surface area contributed by atoms with Crippen molar-refractivity contribution in [1.82, 2.24) is 30.0 Å². The highest BCUT2D eigenvalue weighted by atomic mass is 35.5. The summed E-state index contributed by atoms with van der Waals surface area (Å²) in [4.78, 5) is 44.5. The molecular formula is C27H26ClF6N7O6S. The minimum absolute atomic E-state index is 0.0418. The van der Waals surface area contributed by atoms with E-state index in [1.165, 1.54) is 17.7 Å². The van der Waals surface area contributed by atoms with Crippen LogP contribution in [0.1, 0.15) is 11.3 Å². The van der Waals surface area contributed by atoms with Crippen LogP contribution in [0.25, 0.3) is 21.5 Å². The summed E-state index contributed by atoms with van der Waals surface area (Å²) < 4.78 is 69.6. The number of rotatable bonds is 7. The number of alkyl halides is 6. The van der Waals surface area contributed by atoms with E-state index < -0.39 is 24.3 Å². The lowest BCUT2D eigenvalue weighted by Crippen LogP contribution is -2.57. The number of halogens is 7. The first-order valence-electron chi connectivity index (χ1n) is 13.3. The molecule has 3 aromatic heterocycles. The van der Waals surface area contributed by atoms with Crippen LogP contribution >= 0.6 is 22.9 Å². The minimum Gasteiger partial charge on any atom is -0.475 e. The Bertz CT molecular complexity index is 1710. The lowest BCUT2D eigenvalue weighted by atomic mass is 10.1. The predicted octanol–water partition coefficient (Wildman–Crippen LogP) is 4.44. The molecule has 0 radical (unpaired) electrons. The van der Waals surface area contributed by atoms with E-state index in [4.69, 9.17) is 41.9 Å². The third-order valence-electron chi connectivity index (χ3n) is 6.44. The first kappa shape index (κ1) is 37.9. The highest BCUT2D eigenvalue weighted by molar-refractivity contribution is 7.19. The predicted molar refractivity (Wildman–Crippen MR) is 160 cm³/mol. The number of nitrogens with zero attached hydrogens (tertiary/aromatic N) is 5. The van der Waals surface area contributed by atoms with Gasteiger partial charge in [-0.25, -0.2) is 19.6 Å². The van der Waals surface area contributed by atoms with E-state index in [1.807, 2.05) is 41.3 Å². The van der Waals surface area contributed by atoms with Crippen LogP contribution in [0.15, 0.2) is 42.7 Å². The number of nitrogen functional groups attached to an aromatic ring is 1. The quantitative estimate of drug-likeness (QED) is 0.197. The van der Waals surface area contributed by atoms with E-state index in [9.17, 15) is 31.1 Å². The van der Waals surface area contributed by atoms with Gasteiger partial charge in [0.05, 0.1) is 21.3 Å². The van der Waals surface area contributed by atoms with E-state index in [2.05, 4.69) is 25.1 Å². The molecule has 1 aromatic carbocycles. The molecule has 0 spiro atoms. The first-order valence-corrected chi connectivity index (χ1v) is 14.5. The third-order valence-corrected chi connectivity index (χ3v) is 7.69. The van der Waals surface area contributed by atoms with Crippen LogP contribution < -0.4 is 5.73 Å². The van der Waals surface area contributed by atoms with Gasteiger partial charge in [-0.05, 0) is 35.9 Å². The number of amides is 1. The number of carboxylic acids is 2. The third kappa shape index (κ3) is 10.5. The van der Waals surface area contributed by atoms with E-state index >= 15 is 0 Å². The Morgan fingerprint density at radius 3 is 2.25 bits per heavy atom. The second kappa shape index (κ2) is 16.0. The van der Waals surface area contributed by atoms with Gasteiger partial charge in [-0.15, -0.1) is 11.3 Å². The highest BCUT2D eigenvalue weighted by Gasteiger charge is 2.39. The molecule has 0 saturated carbocycles. The number of aromatic amines is 1. The number of hydrogen-bond donors (Lipinski definition) is 4. The Morgan fingerprint density at radius 1 is 1.04 bits per heavy atom. The second-order valence-corrected chi connectivity index (χ2v) is 11.5. The summed E-state index contributed by atoms with van der Waals surface area (Å²) in [5.41, 5.74) is 9.48. The van der Waals surface area contributed by atoms with Crippen molar-refractivity contribution in [3.63, 3.8) is 0 Å². The van der Waals surface area contributed by atoms with Crippen LogP contribution in [-0.2, 0) is 32.2 Å². The lowest BCUT2D eigenvalue weighted by molar-refractivity contribution is -0.193. The van der Waals surface area contributed by atoms with Gasteiger partial charge in [0.25, 0.3) is 0 Å². The molecule has 0 bridgehead atoms. The number of hydrogen-bond acceptors (Lipinski definition) is 10. The molecule has 1 saturated heterocycles. The van der Waals surface area contributed by atoms with Crippen LogP contribution in [-0.4, -0.2) is 103 Å². The molecule has 260 valence electrons. The molecule has 13 nitrogen and oxygen atoms in total. The zero-order chi connectivity index (χ0) is 35.8. The minimum atomic E-state index is -5.08. The zero-order valence-electron chi connectivity index (χ0n) is 24.5. The van der Waals surface area contributed by atoms with Gasteiger partial charge in [0.2, 0.25) is 5.91 Å². The fourth-order valence-corrected chi connectivity index (χ4v) is 5.25. The van der Waals surface area contributed by atoms with Crippen LogP contribution in [0.4, 0.5) is 32.2 Å². The maximum Gasteiger partial charge on any atom is 0.490 e. The molecule has 1 amide bonds. The monoisotopic (exact) mass is 725 g/mol. The number of aromatic nitrogens is 4. The molecule has 5 rings (SSSR count). The zero-order valence-corrected chi connectivity index (χ0v) is 26.1. The number of aliphatic carboxylic acids is 2. The Kier molecular flexibility index (Phi) is 12.7. The van der Waals surface area contributed by atoms with Crippen molar-refractivity contribution in [1.29, 1.82) is 0 Å². The molecule has 4 heterocycles. The summed E-state index contributed by atoms with van der Waals surface area (Å²) in [5.74, 6) is -5.02. The number of methoxy groups -OCH3 is 1. The number of nitrogens with one attached hydrogen (secondary N) is 1.